The number of methoxy groups -OCH3 is 2. The van der Waals surface area contributed by atoms with Crippen LogP contribution in [0.4, 0.5) is 11.4 Å². The number of hydrogen-bond donors (Lipinski definition) is 2. The summed E-state index contributed by atoms with van der Waals surface area (Å²) in [6.45, 7) is 4.99. The second kappa shape index (κ2) is 6.35. The van der Waals surface area contributed by atoms with Crippen molar-refractivity contribution < 1.29 is 9.47 Å². The molecule has 4 nitrogen and oxygen atoms in total. The summed E-state index contributed by atoms with van der Waals surface area (Å²) in [6, 6.07) is 5.96. The van der Waals surface area contributed by atoms with Gasteiger partial charge in [0, 0.05) is 18.9 Å². The molecule has 0 radical (unpaired) electrons. The van der Waals surface area contributed by atoms with Crippen LogP contribution < -0.4 is 15.8 Å². The minimum atomic E-state index is 0.272. The zero-order valence-electron chi connectivity index (χ0n) is 11.0. The van der Waals surface area contributed by atoms with Crippen molar-refractivity contribution in [3.05, 3.63) is 18.2 Å². The fourth-order valence-electron chi connectivity index (χ4n) is 1.60. The van der Waals surface area contributed by atoms with E-state index in [0.29, 0.717) is 24.0 Å². The van der Waals surface area contributed by atoms with Gasteiger partial charge in [0.1, 0.15) is 5.75 Å². The van der Waals surface area contributed by atoms with Gasteiger partial charge in [-0.25, -0.2) is 0 Å². The van der Waals surface area contributed by atoms with Crippen LogP contribution in [0.25, 0.3) is 0 Å². The summed E-state index contributed by atoms with van der Waals surface area (Å²) in [5.41, 5.74) is 7.41. The van der Waals surface area contributed by atoms with Crippen LogP contribution in [0.15, 0.2) is 18.2 Å². The Morgan fingerprint density at radius 3 is 2.53 bits per heavy atom. The van der Waals surface area contributed by atoms with Crippen molar-refractivity contribution in [2.45, 2.75) is 19.9 Å². The molecule has 0 heterocycles. The third kappa shape index (κ3) is 3.82. The quantitative estimate of drug-likeness (QED) is 0.747. The highest BCUT2D eigenvalue weighted by atomic mass is 16.5. The first-order valence-corrected chi connectivity index (χ1v) is 5.77. The molecule has 1 rings (SSSR count). The highest BCUT2D eigenvalue weighted by Gasteiger charge is 2.13. The third-order valence-electron chi connectivity index (χ3n) is 2.74. The maximum Gasteiger partial charge on any atom is 0.143 e. The van der Waals surface area contributed by atoms with Crippen LogP contribution in [0.3, 0.4) is 0 Å². The van der Waals surface area contributed by atoms with E-state index in [1.165, 1.54) is 0 Å². The van der Waals surface area contributed by atoms with Crippen molar-refractivity contribution in [3.63, 3.8) is 0 Å². The van der Waals surface area contributed by atoms with E-state index < -0.39 is 0 Å². The van der Waals surface area contributed by atoms with E-state index in [2.05, 4.69) is 19.2 Å². The van der Waals surface area contributed by atoms with E-state index in [-0.39, 0.29) is 6.04 Å². The lowest BCUT2D eigenvalue weighted by Crippen LogP contribution is -2.30. The molecule has 17 heavy (non-hydrogen) atoms. The zero-order chi connectivity index (χ0) is 12.8. The summed E-state index contributed by atoms with van der Waals surface area (Å²) in [5.74, 6) is 1.17. The Labute approximate surface area is 103 Å². The molecule has 0 saturated carbocycles. The Balaban J connectivity index is 2.78. The van der Waals surface area contributed by atoms with Gasteiger partial charge in [-0.1, -0.05) is 13.8 Å². The number of anilines is 2. The van der Waals surface area contributed by atoms with Crippen LogP contribution in [-0.4, -0.2) is 26.9 Å². The van der Waals surface area contributed by atoms with Crippen LogP contribution >= 0.6 is 0 Å². The van der Waals surface area contributed by atoms with Gasteiger partial charge >= 0.3 is 0 Å². The zero-order valence-corrected chi connectivity index (χ0v) is 11.0. The van der Waals surface area contributed by atoms with Crippen LogP contribution in [0.2, 0.25) is 0 Å². The third-order valence-corrected chi connectivity index (χ3v) is 2.74. The average Bonchev–Trinajstić information content (AvgIpc) is 2.30. The SMILES string of the molecule is COCC(Nc1ccc(N)c(OC)c1)C(C)C. The van der Waals surface area contributed by atoms with Crippen LogP contribution in [0.5, 0.6) is 5.75 Å². The molecule has 1 aromatic carbocycles. The minimum absolute atomic E-state index is 0.272. The second-order valence-electron chi connectivity index (χ2n) is 4.41. The minimum Gasteiger partial charge on any atom is -0.495 e. The van der Waals surface area contributed by atoms with Gasteiger partial charge in [0.15, 0.2) is 0 Å². The van der Waals surface area contributed by atoms with Crippen LogP contribution in [0, 0.1) is 5.92 Å². The van der Waals surface area contributed by atoms with E-state index in [1.807, 2.05) is 18.2 Å². The lowest BCUT2D eigenvalue weighted by Gasteiger charge is -2.23. The van der Waals surface area contributed by atoms with E-state index >= 15 is 0 Å². The Hall–Kier alpha value is -1.42. The molecule has 0 aliphatic carbocycles. The van der Waals surface area contributed by atoms with Crippen molar-refractivity contribution in [2.75, 3.05) is 31.9 Å². The maximum atomic E-state index is 5.77. The molecule has 4 heteroatoms. The fourth-order valence-corrected chi connectivity index (χ4v) is 1.60. The number of rotatable bonds is 6. The molecule has 0 bridgehead atoms. The molecule has 1 unspecified atom stereocenters. The summed E-state index contributed by atoms with van der Waals surface area (Å²) >= 11 is 0. The summed E-state index contributed by atoms with van der Waals surface area (Å²) in [7, 11) is 3.32. The molecule has 1 aromatic rings. The maximum absolute atomic E-state index is 5.77. The first-order valence-electron chi connectivity index (χ1n) is 5.77. The highest BCUT2D eigenvalue weighted by molar-refractivity contribution is 5.61. The molecular weight excluding hydrogens is 216 g/mol. The predicted molar refractivity (Wildman–Crippen MR) is 71.5 cm³/mol. The van der Waals surface area contributed by atoms with Crippen LogP contribution in [-0.2, 0) is 4.74 Å². The molecule has 0 aromatic heterocycles. The smallest absolute Gasteiger partial charge is 0.143 e. The van der Waals surface area contributed by atoms with E-state index in [1.54, 1.807) is 14.2 Å². The highest BCUT2D eigenvalue weighted by Crippen LogP contribution is 2.26. The van der Waals surface area contributed by atoms with E-state index in [0.717, 1.165) is 5.69 Å². The predicted octanol–water partition coefficient (Wildman–Crippen LogP) is 2.36. The van der Waals surface area contributed by atoms with E-state index in [9.17, 15) is 0 Å². The summed E-state index contributed by atoms with van der Waals surface area (Å²) in [4.78, 5) is 0. The second-order valence-corrected chi connectivity index (χ2v) is 4.41. The number of nitrogens with one attached hydrogen (secondary N) is 1. The molecule has 0 aliphatic heterocycles. The normalized spacial score (nSPS) is 12.5. The first kappa shape index (κ1) is 13.6. The molecule has 96 valence electrons. The van der Waals surface area contributed by atoms with Gasteiger partial charge in [0.25, 0.3) is 0 Å². The number of hydrogen-bond acceptors (Lipinski definition) is 4. The number of nitrogens with two attached hydrogens (primary N) is 1. The standard InChI is InChI=1S/C13H22N2O2/c1-9(2)12(8-16-3)15-10-5-6-11(14)13(7-10)17-4/h5-7,9,12,15H,8,14H2,1-4H3. The summed E-state index contributed by atoms with van der Waals surface area (Å²) < 4.78 is 10.4. The van der Waals surface area contributed by atoms with Gasteiger partial charge in [0.05, 0.1) is 25.4 Å². The van der Waals surface area contributed by atoms with Gasteiger partial charge in [-0.3, -0.25) is 0 Å². The van der Waals surface area contributed by atoms with Crippen LogP contribution in [0.1, 0.15) is 13.8 Å². The lowest BCUT2D eigenvalue weighted by molar-refractivity contribution is 0.171. The van der Waals surface area contributed by atoms with Gasteiger partial charge < -0.3 is 20.5 Å². The fraction of sp³-hybridized carbons (Fsp3) is 0.538. The lowest BCUT2D eigenvalue weighted by atomic mass is 10.0. The molecule has 0 amide bonds. The Morgan fingerprint density at radius 2 is 2.00 bits per heavy atom. The monoisotopic (exact) mass is 238 g/mol. The molecule has 0 fully saturated rings. The number of benzene rings is 1. The number of nitrogen functional groups attached to an aromatic ring is 1. The Kier molecular flexibility index (Phi) is 5.10. The van der Waals surface area contributed by atoms with Crippen molar-refractivity contribution in [1.29, 1.82) is 0 Å². The first-order chi connectivity index (χ1) is 8.08. The molecule has 0 spiro atoms. The molecule has 0 saturated heterocycles. The molecule has 3 N–H and O–H groups in total. The summed E-state index contributed by atoms with van der Waals surface area (Å²) in [5, 5.41) is 3.42. The van der Waals surface area contributed by atoms with E-state index in [4.69, 9.17) is 15.2 Å². The van der Waals surface area contributed by atoms with Crippen molar-refractivity contribution in [2.24, 2.45) is 5.92 Å². The average molecular weight is 238 g/mol. The largest absolute Gasteiger partial charge is 0.495 e. The van der Waals surface area contributed by atoms with Crippen molar-refractivity contribution >= 4 is 11.4 Å². The number of ether oxygens (including phenoxy) is 2. The Morgan fingerprint density at radius 1 is 1.29 bits per heavy atom. The Bertz CT molecular complexity index is 353. The molecule has 0 aliphatic rings. The molecular formula is C13H22N2O2. The van der Waals surface area contributed by atoms with Gasteiger partial charge in [-0.2, -0.15) is 0 Å². The topological polar surface area (TPSA) is 56.5 Å². The van der Waals surface area contributed by atoms with Crippen molar-refractivity contribution in [3.8, 4) is 5.75 Å². The van der Waals surface area contributed by atoms with Gasteiger partial charge in [-0.15, -0.1) is 0 Å². The van der Waals surface area contributed by atoms with Gasteiger partial charge in [0.2, 0.25) is 0 Å². The van der Waals surface area contributed by atoms with Crippen molar-refractivity contribution in [1.82, 2.24) is 0 Å². The van der Waals surface area contributed by atoms with Gasteiger partial charge in [-0.05, 0) is 18.1 Å². The molecule has 1 atom stereocenters. The summed E-state index contributed by atoms with van der Waals surface area (Å²) in [6.07, 6.45) is 0.